The van der Waals surface area contributed by atoms with Gasteiger partial charge in [-0.3, -0.25) is 4.79 Å². The summed E-state index contributed by atoms with van der Waals surface area (Å²) in [7, 11) is 0. The van der Waals surface area contributed by atoms with Crippen LogP contribution in [0.25, 0.3) is 0 Å². The second kappa shape index (κ2) is 6.61. The van der Waals surface area contributed by atoms with E-state index in [0.717, 1.165) is 5.56 Å². The SMILES string of the molecule is CCOc1cc(CN)cc(Br)c1OC(C)C(N)=O. The Hall–Kier alpha value is -1.27. The van der Waals surface area contributed by atoms with Gasteiger partial charge in [-0.1, -0.05) is 0 Å². The van der Waals surface area contributed by atoms with Gasteiger partial charge in [0.2, 0.25) is 0 Å². The van der Waals surface area contributed by atoms with Gasteiger partial charge in [-0.05, 0) is 47.5 Å². The molecule has 0 spiro atoms. The third kappa shape index (κ3) is 3.61. The lowest BCUT2D eigenvalue weighted by Crippen LogP contribution is -2.30. The molecule has 0 bridgehead atoms. The third-order valence-corrected chi connectivity index (χ3v) is 2.89. The van der Waals surface area contributed by atoms with Crippen LogP contribution < -0.4 is 20.9 Å². The smallest absolute Gasteiger partial charge is 0.258 e. The Morgan fingerprint density at radius 3 is 2.67 bits per heavy atom. The Balaban J connectivity index is 3.11. The highest BCUT2D eigenvalue weighted by molar-refractivity contribution is 9.10. The van der Waals surface area contributed by atoms with Crippen LogP contribution in [0.2, 0.25) is 0 Å². The quantitative estimate of drug-likeness (QED) is 0.833. The van der Waals surface area contributed by atoms with E-state index in [1.54, 1.807) is 13.0 Å². The van der Waals surface area contributed by atoms with E-state index in [2.05, 4.69) is 15.9 Å². The number of nitrogens with two attached hydrogens (primary N) is 2. The van der Waals surface area contributed by atoms with Crippen molar-refractivity contribution in [3.8, 4) is 11.5 Å². The van der Waals surface area contributed by atoms with Crippen molar-refractivity contribution < 1.29 is 14.3 Å². The summed E-state index contributed by atoms with van der Waals surface area (Å²) < 4.78 is 11.7. The summed E-state index contributed by atoms with van der Waals surface area (Å²) >= 11 is 3.37. The minimum atomic E-state index is -0.732. The molecule has 0 saturated heterocycles. The van der Waals surface area contributed by atoms with E-state index in [0.29, 0.717) is 29.1 Å². The fraction of sp³-hybridized carbons (Fsp3) is 0.417. The highest BCUT2D eigenvalue weighted by Gasteiger charge is 2.17. The second-order valence-electron chi connectivity index (χ2n) is 3.70. The van der Waals surface area contributed by atoms with Gasteiger partial charge in [-0.25, -0.2) is 0 Å². The molecule has 4 N–H and O–H groups in total. The topological polar surface area (TPSA) is 87.6 Å². The third-order valence-electron chi connectivity index (χ3n) is 2.30. The lowest BCUT2D eigenvalue weighted by Gasteiger charge is -2.17. The summed E-state index contributed by atoms with van der Waals surface area (Å²) in [6, 6.07) is 3.61. The second-order valence-corrected chi connectivity index (χ2v) is 4.56. The van der Waals surface area contributed by atoms with Crippen LogP contribution in [0, 0.1) is 0 Å². The molecule has 1 amide bonds. The maximum absolute atomic E-state index is 11.0. The Morgan fingerprint density at radius 1 is 1.50 bits per heavy atom. The number of hydrogen-bond acceptors (Lipinski definition) is 4. The lowest BCUT2D eigenvalue weighted by molar-refractivity contribution is -0.124. The molecule has 1 atom stereocenters. The molecule has 1 rings (SSSR count). The van der Waals surface area contributed by atoms with Crippen LogP contribution >= 0.6 is 15.9 Å². The van der Waals surface area contributed by atoms with Crippen molar-refractivity contribution in [1.82, 2.24) is 0 Å². The number of amides is 1. The molecule has 18 heavy (non-hydrogen) atoms. The average molecular weight is 317 g/mol. The van der Waals surface area contributed by atoms with Crippen LogP contribution in [0.5, 0.6) is 11.5 Å². The summed E-state index contributed by atoms with van der Waals surface area (Å²) in [5.74, 6) is 0.466. The van der Waals surface area contributed by atoms with Crippen LogP contribution in [-0.4, -0.2) is 18.6 Å². The summed E-state index contributed by atoms with van der Waals surface area (Å²) in [6.07, 6.45) is -0.732. The number of benzene rings is 1. The normalized spacial score (nSPS) is 12.0. The molecule has 0 aliphatic heterocycles. The maximum atomic E-state index is 11.0. The standard InChI is InChI=1S/C12H17BrN2O3/c1-3-17-10-5-8(6-14)4-9(13)11(10)18-7(2)12(15)16/h4-5,7H,3,6,14H2,1-2H3,(H2,15,16). The Labute approximate surface area is 115 Å². The highest BCUT2D eigenvalue weighted by atomic mass is 79.9. The molecule has 0 heterocycles. The van der Waals surface area contributed by atoms with Crippen LogP contribution in [0.1, 0.15) is 19.4 Å². The summed E-state index contributed by atoms with van der Waals surface area (Å²) in [5, 5.41) is 0. The van der Waals surface area contributed by atoms with E-state index in [9.17, 15) is 4.79 Å². The van der Waals surface area contributed by atoms with Crippen molar-refractivity contribution in [2.75, 3.05) is 6.61 Å². The minimum absolute atomic E-state index is 0.393. The van der Waals surface area contributed by atoms with Crippen molar-refractivity contribution in [1.29, 1.82) is 0 Å². The Kier molecular flexibility index (Phi) is 5.43. The molecule has 0 saturated carbocycles. The predicted octanol–water partition coefficient (Wildman–Crippen LogP) is 1.56. The molecule has 0 fully saturated rings. The van der Waals surface area contributed by atoms with E-state index in [4.69, 9.17) is 20.9 Å². The number of halogens is 1. The van der Waals surface area contributed by atoms with E-state index in [-0.39, 0.29) is 0 Å². The number of rotatable bonds is 6. The molecule has 0 aromatic heterocycles. The van der Waals surface area contributed by atoms with Gasteiger partial charge < -0.3 is 20.9 Å². The monoisotopic (exact) mass is 316 g/mol. The summed E-state index contributed by atoms with van der Waals surface area (Å²) in [5.41, 5.74) is 11.7. The van der Waals surface area contributed by atoms with Crippen molar-refractivity contribution in [2.24, 2.45) is 11.5 Å². The molecule has 0 aliphatic carbocycles. The zero-order valence-electron chi connectivity index (χ0n) is 10.4. The van der Waals surface area contributed by atoms with E-state index >= 15 is 0 Å². The first-order valence-corrected chi connectivity index (χ1v) is 6.40. The summed E-state index contributed by atoms with van der Waals surface area (Å²) in [4.78, 5) is 11.0. The molecule has 100 valence electrons. The maximum Gasteiger partial charge on any atom is 0.258 e. The van der Waals surface area contributed by atoms with Gasteiger partial charge in [0.05, 0.1) is 11.1 Å². The molecule has 6 heteroatoms. The predicted molar refractivity (Wildman–Crippen MR) is 72.5 cm³/mol. The van der Waals surface area contributed by atoms with Crippen LogP contribution in [-0.2, 0) is 11.3 Å². The first-order valence-electron chi connectivity index (χ1n) is 5.60. The molecule has 5 nitrogen and oxygen atoms in total. The molecular formula is C12H17BrN2O3. The van der Waals surface area contributed by atoms with Crippen LogP contribution in [0.15, 0.2) is 16.6 Å². The van der Waals surface area contributed by atoms with Gasteiger partial charge in [-0.2, -0.15) is 0 Å². The van der Waals surface area contributed by atoms with Crippen molar-refractivity contribution in [3.05, 3.63) is 22.2 Å². The van der Waals surface area contributed by atoms with Gasteiger partial charge in [0.1, 0.15) is 0 Å². The fourth-order valence-electron chi connectivity index (χ4n) is 1.35. The van der Waals surface area contributed by atoms with Crippen molar-refractivity contribution in [3.63, 3.8) is 0 Å². The van der Waals surface area contributed by atoms with Gasteiger partial charge in [0, 0.05) is 6.54 Å². The van der Waals surface area contributed by atoms with E-state index < -0.39 is 12.0 Å². The first kappa shape index (κ1) is 14.8. The largest absolute Gasteiger partial charge is 0.490 e. The van der Waals surface area contributed by atoms with E-state index in [1.165, 1.54) is 0 Å². The lowest BCUT2D eigenvalue weighted by atomic mass is 10.2. The molecule has 1 aromatic rings. The zero-order valence-corrected chi connectivity index (χ0v) is 12.0. The van der Waals surface area contributed by atoms with Gasteiger partial charge in [0.25, 0.3) is 5.91 Å². The molecule has 0 aliphatic rings. The minimum Gasteiger partial charge on any atom is -0.490 e. The van der Waals surface area contributed by atoms with Crippen molar-refractivity contribution >= 4 is 21.8 Å². The molecule has 0 radical (unpaired) electrons. The van der Waals surface area contributed by atoms with Crippen LogP contribution in [0.3, 0.4) is 0 Å². The number of carbonyl (C=O) groups is 1. The highest BCUT2D eigenvalue weighted by Crippen LogP contribution is 2.37. The fourth-order valence-corrected chi connectivity index (χ4v) is 1.93. The number of primary amides is 1. The van der Waals surface area contributed by atoms with Crippen molar-refractivity contribution in [2.45, 2.75) is 26.5 Å². The number of ether oxygens (including phenoxy) is 2. The van der Waals surface area contributed by atoms with Gasteiger partial charge in [0.15, 0.2) is 17.6 Å². The zero-order chi connectivity index (χ0) is 13.7. The average Bonchev–Trinajstić information content (AvgIpc) is 2.32. The van der Waals surface area contributed by atoms with Gasteiger partial charge >= 0.3 is 0 Å². The van der Waals surface area contributed by atoms with E-state index in [1.807, 2.05) is 13.0 Å². The Bertz CT molecular complexity index is 438. The summed E-state index contributed by atoms with van der Waals surface area (Å²) in [6.45, 7) is 4.33. The molecule has 1 unspecified atom stereocenters. The first-order chi connectivity index (χ1) is 8.49. The molecule has 1 aromatic carbocycles. The molecular weight excluding hydrogens is 300 g/mol. The van der Waals surface area contributed by atoms with Gasteiger partial charge in [-0.15, -0.1) is 0 Å². The number of carbonyl (C=O) groups excluding carboxylic acids is 1. The van der Waals surface area contributed by atoms with Crippen LogP contribution in [0.4, 0.5) is 0 Å². The Morgan fingerprint density at radius 2 is 2.17 bits per heavy atom. The number of hydrogen-bond donors (Lipinski definition) is 2.